The average Bonchev–Trinajstić information content (AvgIpc) is 2.64. The van der Waals surface area contributed by atoms with Gasteiger partial charge in [0.15, 0.2) is 0 Å². The van der Waals surface area contributed by atoms with Crippen LogP contribution in [0.2, 0.25) is 0 Å². The lowest BCUT2D eigenvalue weighted by Crippen LogP contribution is -2.53. The van der Waals surface area contributed by atoms with Crippen LogP contribution >= 0.6 is 27.7 Å². The van der Waals surface area contributed by atoms with Crippen molar-refractivity contribution in [2.45, 2.75) is 31.5 Å². The quantitative estimate of drug-likeness (QED) is 0.686. The van der Waals surface area contributed by atoms with Gasteiger partial charge in [-0.25, -0.2) is 0 Å². The maximum absolute atomic E-state index is 13.0. The van der Waals surface area contributed by atoms with Crippen molar-refractivity contribution >= 4 is 39.5 Å². The van der Waals surface area contributed by atoms with Crippen molar-refractivity contribution in [2.24, 2.45) is 5.92 Å². The molecule has 1 aliphatic rings. The number of amides is 2. The first-order valence-corrected chi connectivity index (χ1v) is 10.8. The molecule has 0 radical (unpaired) electrons. The lowest BCUT2D eigenvalue weighted by atomic mass is 9.96. The zero-order valence-electron chi connectivity index (χ0n) is 14.9. The van der Waals surface area contributed by atoms with Crippen LogP contribution in [0.15, 0.2) is 28.7 Å². The van der Waals surface area contributed by atoms with Crippen molar-refractivity contribution in [3.63, 3.8) is 0 Å². The smallest absolute Gasteiger partial charge is 0.340 e. The van der Waals surface area contributed by atoms with Crippen LogP contribution in [0, 0.1) is 5.92 Å². The molecule has 0 saturated carbocycles. The predicted octanol–water partition coefficient (Wildman–Crippen LogP) is 4.10. The molecule has 1 aromatic carbocycles. The van der Waals surface area contributed by atoms with Gasteiger partial charge in [0.25, 0.3) is 5.91 Å². The van der Waals surface area contributed by atoms with E-state index in [1.807, 2.05) is 6.26 Å². The van der Waals surface area contributed by atoms with E-state index in [0.717, 1.165) is 0 Å². The van der Waals surface area contributed by atoms with Gasteiger partial charge in [0.2, 0.25) is 5.91 Å². The van der Waals surface area contributed by atoms with Crippen LogP contribution < -0.4 is 5.32 Å². The van der Waals surface area contributed by atoms with Crippen molar-refractivity contribution < 1.29 is 22.8 Å². The molecular formula is C18H22BrF3N2O2S. The Bertz CT molecular complexity index is 672. The van der Waals surface area contributed by atoms with E-state index in [1.54, 1.807) is 24.3 Å². The number of likely N-dealkylation sites (tertiary alicyclic amines) is 1. The van der Waals surface area contributed by atoms with Crippen LogP contribution in [0.25, 0.3) is 0 Å². The summed E-state index contributed by atoms with van der Waals surface area (Å²) in [4.78, 5) is 26.6. The molecule has 1 aliphatic heterocycles. The van der Waals surface area contributed by atoms with Gasteiger partial charge >= 0.3 is 6.18 Å². The Kier molecular flexibility index (Phi) is 8.03. The minimum absolute atomic E-state index is 0.0338. The first-order valence-electron chi connectivity index (χ1n) is 8.64. The number of hydrogen-bond acceptors (Lipinski definition) is 3. The molecule has 2 amide bonds. The van der Waals surface area contributed by atoms with Crippen LogP contribution in [-0.4, -0.2) is 54.0 Å². The van der Waals surface area contributed by atoms with E-state index in [4.69, 9.17) is 0 Å². The minimum atomic E-state index is -4.31. The van der Waals surface area contributed by atoms with Gasteiger partial charge < -0.3 is 10.2 Å². The minimum Gasteiger partial charge on any atom is -0.340 e. The van der Waals surface area contributed by atoms with Crippen LogP contribution in [-0.2, 0) is 4.79 Å². The number of nitrogens with one attached hydrogen (secondary N) is 1. The molecule has 2 rings (SSSR count). The monoisotopic (exact) mass is 466 g/mol. The second-order valence-corrected chi connectivity index (χ2v) is 8.29. The van der Waals surface area contributed by atoms with E-state index in [0.29, 0.717) is 28.6 Å². The molecule has 2 atom stereocenters. The fourth-order valence-electron chi connectivity index (χ4n) is 3.04. The summed E-state index contributed by atoms with van der Waals surface area (Å²) in [6.07, 6.45) is -1.73. The molecule has 1 N–H and O–H groups in total. The maximum atomic E-state index is 13.0. The Labute approximate surface area is 169 Å². The normalized spacial score (nSPS) is 18.9. The average molecular weight is 467 g/mol. The van der Waals surface area contributed by atoms with Crippen molar-refractivity contribution in [1.29, 1.82) is 0 Å². The molecule has 0 unspecified atom stereocenters. The molecule has 27 heavy (non-hydrogen) atoms. The van der Waals surface area contributed by atoms with E-state index >= 15 is 0 Å². The fraction of sp³-hybridized carbons (Fsp3) is 0.556. The number of rotatable bonds is 6. The summed E-state index contributed by atoms with van der Waals surface area (Å²) in [6, 6.07) is 5.96. The molecule has 1 heterocycles. The first-order chi connectivity index (χ1) is 12.7. The standard InChI is InChI=1S/C18H22BrF3N2O2S/c1-27-10-8-15(23-16(25)13-6-2-3-7-14(13)19)17(26)24-9-4-5-12(11-24)18(20,21)22/h2-3,6-7,12,15H,4-5,8-11H2,1H3,(H,23,25)/t12-,15-/m1/s1. The van der Waals surface area contributed by atoms with Crippen LogP contribution in [0.4, 0.5) is 13.2 Å². The van der Waals surface area contributed by atoms with Crippen molar-refractivity contribution in [2.75, 3.05) is 25.1 Å². The summed E-state index contributed by atoms with van der Waals surface area (Å²) in [7, 11) is 0. The number of benzene rings is 1. The second-order valence-electron chi connectivity index (χ2n) is 6.45. The number of alkyl halides is 3. The highest BCUT2D eigenvalue weighted by atomic mass is 79.9. The second kappa shape index (κ2) is 9.82. The summed E-state index contributed by atoms with van der Waals surface area (Å²) in [5.41, 5.74) is 0.381. The highest BCUT2D eigenvalue weighted by Crippen LogP contribution is 2.33. The van der Waals surface area contributed by atoms with Gasteiger partial charge in [-0.15, -0.1) is 0 Å². The van der Waals surface area contributed by atoms with Crippen LogP contribution in [0.3, 0.4) is 0 Å². The third kappa shape index (κ3) is 6.14. The van der Waals surface area contributed by atoms with Crippen LogP contribution in [0.5, 0.6) is 0 Å². The molecule has 0 aromatic heterocycles. The Morgan fingerprint density at radius 3 is 2.70 bits per heavy atom. The third-order valence-electron chi connectivity index (χ3n) is 4.53. The summed E-state index contributed by atoms with van der Waals surface area (Å²) >= 11 is 4.81. The number of carbonyl (C=O) groups is 2. The van der Waals surface area contributed by atoms with E-state index in [2.05, 4.69) is 21.2 Å². The van der Waals surface area contributed by atoms with E-state index in [9.17, 15) is 22.8 Å². The molecule has 1 fully saturated rings. The molecule has 4 nitrogen and oxygen atoms in total. The van der Waals surface area contributed by atoms with Crippen molar-refractivity contribution in [3.05, 3.63) is 34.3 Å². The van der Waals surface area contributed by atoms with Gasteiger partial charge in [-0.3, -0.25) is 9.59 Å². The largest absolute Gasteiger partial charge is 0.393 e. The molecule has 0 bridgehead atoms. The van der Waals surface area contributed by atoms with E-state index in [-0.39, 0.29) is 19.5 Å². The summed E-state index contributed by atoms with van der Waals surface area (Å²) in [5.74, 6) is -1.76. The first kappa shape index (κ1) is 22.1. The predicted molar refractivity (Wildman–Crippen MR) is 104 cm³/mol. The van der Waals surface area contributed by atoms with E-state index in [1.165, 1.54) is 16.7 Å². The number of halogens is 4. The Balaban J connectivity index is 2.11. The molecule has 1 aromatic rings. The Hall–Kier alpha value is -1.22. The number of piperidine rings is 1. The number of thioether (sulfide) groups is 1. The lowest BCUT2D eigenvalue weighted by Gasteiger charge is -2.35. The number of hydrogen-bond donors (Lipinski definition) is 1. The summed E-state index contributed by atoms with van der Waals surface area (Å²) in [5, 5.41) is 2.70. The highest BCUT2D eigenvalue weighted by molar-refractivity contribution is 9.10. The SMILES string of the molecule is CSCC[C@@H](NC(=O)c1ccccc1Br)C(=O)N1CCC[C@@H](C(F)(F)F)C1. The van der Waals surface area contributed by atoms with Gasteiger partial charge in [0.1, 0.15) is 6.04 Å². The number of carbonyl (C=O) groups excluding carboxylic acids is 2. The fourth-order valence-corrected chi connectivity index (χ4v) is 3.98. The third-order valence-corrected chi connectivity index (χ3v) is 5.86. The van der Waals surface area contributed by atoms with Crippen molar-refractivity contribution in [3.8, 4) is 0 Å². The van der Waals surface area contributed by atoms with Gasteiger partial charge in [0, 0.05) is 17.6 Å². The molecular weight excluding hydrogens is 445 g/mol. The van der Waals surface area contributed by atoms with Crippen LogP contribution in [0.1, 0.15) is 29.6 Å². The van der Waals surface area contributed by atoms with Gasteiger partial charge in [-0.1, -0.05) is 12.1 Å². The lowest BCUT2D eigenvalue weighted by molar-refractivity contribution is -0.188. The zero-order valence-corrected chi connectivity index (χ0v) is 17.3. The summed E-state index contributed by atoms with van der Waals surface area (Å²) in [6.45, 7) is -0.0604. The van der Waals surface area contributed by atoms with Gasteiger partial charge in [-0.2, -0.15) is 24.9 Å². The molecule has 0 spiro atoms. The Morgan fingerprint density at radius 2 is 2.07 bits per heavy atom. The highest BCUT2D eigenvalue weighted by Gasteiger charge is 2.43. The van der Waals surface area contributed by atoms with Crippen molar-refractivity contribution in [1.82, 2.24) is 10.2 Å². The molecule has 0 aliphatic carbocycles. The maximum Gasteiger partial charge on any atom is 0.393 e. The zero-order chi connectivity index (χ0) is 20.0. The topological polar surface area (TPSA) is 49.4 Å². The summed E-state index contributed by atoms with van der Waals surface area (Å²) < 4.78 is 39.7. The number of nitrogens with zero attached hydrogens (tertiary/aromatic N) is 1. The molecule has 1 saturated heterocycles. The Morgan fingerprint density at radius 1 is 1.37 bits per heavy atom. The van der Waals surface area contributed by atoms with E-state index < -0.39 is 30.0 Å². The van der Waals surface area contributed by atoms with Gasteiger partial charge in [0.05, 0.1) is 11.5 Å². The van der Waals surface area contributed by atoms with Gasteiger partial charge in [-0.05, 0) is 59.3 Å². The molecule has 150 valence electrons. The molecule has 9 heteroatoms.